The Labute approximate surface area is 111 Å². The van der Waals surface area contributed by atoms with Gasteiger partial charge in [0.2, 0.25) is 0 Å². The topological polar surface area (TPSA) is 20.2 Å². The van der Waals surface area contributed by atoms with E-state index in [-0.39, 0.29) is 6.10 Å². The van der Waals surface area contributed by atoms with Gasteiger partial charge >= 0.3 is 0 Å². The third kappa shape index (κ3) is 2.43. The molecule has 0 radical (unpaired) electrons. The fraction of sp³-hybridized carbons (Fsp3) is 0.600. The average molecular weight is 295 g/mol. The zero-order valence-electron chi connectivity index (χ0n) is 9.98. The smallest absolute Gasteiger partial charge is 0.0614 e. The predicted octanol–water partition coefficient (Wildman–Crippen LogP) is 3.79. The molecule has 92 valence electrons. The van der Waals surface area contributed by atoms with E-state index in [4.69, 9.17) is 0 Å². The maximum Gasteiger partial charge on any atom is 0.0614 e. The molecular weight excluding hydrogens is 276 g/mol. The zero-order chi connectivity index (χ0) is 11.8. The minimum absolute atomic E-state index is 0.127. The van der Waals surface area contributed by atoms with E-state index in [9.17, 15) is 5.11 Å². The highest BCUT2D eigenvalue weighted by Gasteiger charge is 2.53. The van der Waals surface area contributed by atoms with E-state index in [1.807, 2.05) is 12.1 Å². The lowest BCUT2D eigenvalue weighted by Crippen LogP contribution is -2.15. The quantitative estimate of drug-likeness (QED) is 0.899. The third-order valence-corrected chi connectivity index (χ3v) is 4.99. The maximum absolute atomic E-state index is 10.3. The number of hydrogen-bond acceptors (Lipinski definition) is 1. The van der Waals surface area contributed by atoms with Crippen LogP contribution in [0.1, 0.15) is 31.2 Å². The van der Waals surface area contributed by atoms with E-state index in [0.717, 1.165) is 22.7 Å². The van der Waals surface area contributed by atoms with Crippen LogP contribution in [0.25, 0.3) is 0 Å². The fourth-order valence-corrected chi connectivity index (χ4v) is 4.11. The molecule has 1 nitrogen and oxygen atoms in total. The second-order valence-corrected chi connectivity index (χ2v) is 6.51. The summed E-state index contributed by atoms with van der Waals surface area (Å²) in [6.45, 7) is 0. The fourth-order valence-electron chi connectivity index (χ4n) is 3.66. The van der Waals surface area contributed by atoms with Crippen molar-refractivity contribution >= 4 is 15.9 Å². The van der Waals surface area contributed by atoms with Gasteiger partial charge in [0.1, 0.15) is 0 Å². The number of aliphatic hydroxyl groups is 1. The number of benzene rings is 1. The zero-order valence-corrected chi connectivity index (χ0v) is 11.6. The van der Waals surface area contributed by atoms with Crippen LogP contribution in [-0.2, 0) is 6.42 Å². The van der Waals surface area contributed by atoms with Crippen LogP contribution in [0.4, 0.5) is 0 Å². The molecule has 0 aliphatic heterocycles. The molecule has 1 N–H and O–H groups in total. The summed E-state index contributed by atoms with van der Waals surface area (Å²) < 4.78 is 1.11. The van der Waals surface area contributed by atoms with Crippen LogP contribution in [0.15, 0.2) is 28.7 Å². The van der Waals surface area contributed by atoms with Gasteiger partial charge in [0.15, 0.2) is 0 Å². The highest BCUT2D eigenvalue weighted by atomic mass is 79.9. The van der Waals surface area contributed by atoms with Gasteiger partial charge in [-0.15, -0.1) is 0 Å². The monoisotopic (exact) mass is 294 g/mol. The van der Waals surface area contributed by atoms with Gasteiger partial charge in [0.25, 0.3) is 0 Å². The van der Waals surface area contributed by atoms with Crippen molar-refractivity contribution in [2.75, 3.05) is 0 Å². The Hall–Kier alpha value is -0.340. The summed E-state index contributed by atoms with van der Waals surface area (Å²) in [5, 5.41) is 10.3. The van der Waals surface area contributed by atoms with Gasteiger partial charge in [-0.05, 0) is 54.7 Å². The summed E-state index contributed by atoms with van der Waals surface area (Å²) in [6, 6.07) is 8.31. The molecule has 3 rings (SSSR count). The lowest BCUT2D eigenvalue weighted by molar-refractivity contribution is 0.140. The second kappa shape index (κ2) is 4.74. The van der Waals surface area contributed by atoms with Crippen molar-refractivity contribution in [1.82, 2.24) is 0 Å². The first-order chi connectivity index (χ1) is 8.25. The molecule has 1 aromatic carbocycles. The average Bonchev–Trinajstić information content (AvgIpc) is 3.03. The molecule has 2 aliphatic rings. The van der Waals surface area contributed by atoms with E-state index in [1.54, 1.807) is 0 Å². The van der Waals surface area contributed by atoms with E-state index >= 15 is 0 Å². The lowest BCUT2D eigenvalue weighted by Gasteiger charge is -2.10. The van der Waals surface area contributed by atoms with Gasteiger partial charge in [-0.3, -0.25) is 0 Å². The van der Waals surface area contributed by atoms with Gasteiger partial charge in [-0.25, -0.2) is 0 Å². The first-order valence-electron chi connectivity index (χ1n) is 6.68. The van der Waals surface area contributed by atoms with E-state index in [2.05, 4.69) is 28.1 Å². The van der Waals surface area contributed by atoms with Crippen molar-refractivity contribution in [3.63, 3.8) is 0 Å². The standard InChI is InChI=1S/C15H19BrO/c16-11-5-3-4-10(8-11)9-14(17)15-12-6-1-2-7-13(12)15/h3-5,8,12-15,17H,1-2,6-7,9H2. The Morgan fingerprint density at radius 3 is 2.59 bits per heavy atom. The largest absolute Gasteiger partial charge is 0.392 e. The van der Waals surface area contributed by atoms with Crippen LogP contribution in [0.3, 0.4) is 0 Å². The Kier molecular flexibility index (Phi) is 3.27. The van der Waals surface area contributed by atoms with Gasteiger partial charge in [0, 0.05) is 4.47 Å². The summed E-state index contributed by atoms with van der Waals surface area (Å²) in [5.41, 5.74) is 1.25. The van der Waals surface area contributed by atoms with Crippen LogP contribution in [0.5, 0.6) is 0 Å². The number of fused-ring (bicyclic) bond motifs is 1. The predicted molar refractivity (Wildman–Crippen MR) is 72.8 cm³/mol. The Bertz CT molecular complexity index is 392. The highest BCUT2D eigenvalue weighted by Crippen LogP contribution is 2.57. The normalized spacial score (nSPS) is 32.9. The molecule has 0 spiro atoms. The molecular formula is C15H19BrO. The molecule has 0 heterocycles. The molecule has 2 saturated carbocycles. The van der Waals surface area contributed by atoms with Crippen molar-refractivity contribution < 1.29 is 5.11 Å². The minimum atomic E-state index is -0.127. The molecule has 3 atom stereocenters. The summed E-state index contributed by atoms with van der Waals surface area (Å²) in [4.78, 5) is 0. The van der Waals surface area contributed by atoms with Crippen LogP contribution in [0, 0.1) is 17.8 Å². The molecule has 0 bridgehead atoms. The van der Waals surface area contributed by atoms with E-state index in [1.165, 1.54) is 31.2 Å². The van der Waals surface area contributed by atoms with Crippen LogP contribution in [0.2, 0.25) is 0 Å². The molecule has 1 aromatic rings. The summed E-state index contributed by atoms with van der Waals surface area (Å²) in [7, 11) is 0. The Morgan fingerprint density at radius 1 is 1.24 bits per heavy atom. The molecule has 2 heteroatoms. The van der Waals surface area contributed by atoms with Crippen molar-refractivity contribution in [2.45, 2.75) is 38.2 Å². The van der Waals surface area contributed by atoms with Gasteiger partial charge < -0.3 is 5.11 Å². The van der Waals surface area contributed by atoms with Crippen molar-refractivity contribution in [3.05, 3.63) is 34.3 Å². The minimum Gasteiger partial charge on any atom is -0.392 e. The first kappa shape index (κ1) is 11.7. The summed E-state index contributed by atoms with van der Waals surface area (Å²) in [6.07, 6.45) is 6.15. The third-order valence-electron chi connectivity index (χ3n) is 4.50. The van der Waals surface area contributed by atoms with E-state index < -0.39 is 0 Å². The van der Waals surface area contributed by atoms with Crippen molar-refractivity contribution in [1.29, 1.82) is 0 Å². The number of halogens is 1. The molecule has 17 heavy (non-hydrogen) atoms. The maximum atomic E-state index is 10.3. The Balaban J connectivity index is 1.62. The number of hydrogen-bond donors (Lipinski definition) is 1. The van der Waals surface area contributed by atoms with Crippen molar-refractivity contribution in [2.24, 2.45) is 17.8 Å². The van der Waals surface area contributed by atoms with Crippen LogP contribution in [-0.4, -0.2) is 11.2 Å². The molecule has 0 amide bonds. The highest BCUT2D eigenvalue weighted by molar-refractivity contribution is 9.10. The first-order valence-corrected chi connectivity index (χ1v) is 7.47. The van der Waals surface area contributed by atoms with Gasteiger partial charge in [-0.2, -0.15) is 0 Å². The second-order valence-electron chi connectivity index (χ2n) is 5.59. The number of rotatable bonds is 3. The van der Waals surface area contributed by atoms with Crippen LogP contribution >= 0.6 is 15.9 Å². The number of aliphatic hydroxyl groups excluding tert-OH is 1. The molecule has 2 aliphatic carbocycles. The van der Waals surface area contributed by atoms with Crippen LogP contribution < -0.4 is 0 Å². The summed E-state index contributed by atoms with van der Waals surface area (Å²) in [5.74, 6) is 2.27. The molecule has 3 unspecified atom stereocenters. The molecule has 0 aromatic heterocycles. The summed E-state index contributed by atoms with van der Waals surface area (Å²) >= 11 is 3.48. The van der Waals surface area contributed by atoms with E-state index in [0.29, 0.717) is 5.92 Å². The van der Waals surface area contributed by atoms with Gasteiger partial charge in [0.05, 0.1) is 6.10 Å². The van der Waals surface area contributed by atoms with Crippen molar-refractivity contribution in [3.8, 4) is 0 Å². The van der Waals surface area contributed by atoms with Gasteiger partial charge in [-0.1, -0.05) is 40.9 Å². The molecule has 0 saturated heterocycles. The Morgan fingerprint density at radius 2 is 1.94 bits per heavy atom. The lowest BCUT2D eigenvalue weighted by atomic mass is 10.0. The molecule has 2 fully saturated rings. The SMILES string of the molecule is OC(Cc1cccc(Br)c1)C1C2CCCCC21.